The number of rotatable bonds is 6. The van der Waals surface area contributed by atoms with Crippen LogP contribution in [-0.2, 0) is 11.2 Å². The molecule has 2 aromatic rings. The standard InChI is InChI=1S/C20H23FN2O2/c21-18-6-8-19(9-7-18)25-15-14-22-10-12-23(13-11-22)20(24)16-17-4-2-1-3-5-17/h1-9H,10-16H2. The minimum absolute atomic E-state index is 0.188. The minimum atomic E-state index is -0.261. The third kappa shape index (κ3) is 5.29. The number of piperazine rings is 1. The molecule has 0 bridgehead atoms. The van der Waals surface area contributed by atoms with Crippen LogP contribution >= 0.6 is 0 Å². The van der Waals surface area contributed by atoms with Crippen LogP contribution < -0.4 is 4.74 Å². The van der Waals surface area contributed by atoms with Gasteiger partial charge in [-0.1, -0.05) is 30.3 Å². The molecule has 5 heteroatoms. The Morgan fingerprint density at radius 1 is 0.960 bits per heavy atom. The summed E-state index contributed by atoms with van der Waals surface area (Å²) in [6.45, 7) is 4.58. The minimum Gasteiger partial charge on any atom is -0.492 e. The molecular formula is C20H23FN2O2. The van der Waals surface area contributed by atoms with Crippen LogP contribution in [0.2, 0.25) is 0 Å². The maximum Gasteiger partial charge on any atom is 0.227 e. The van der Waals surface area contributed by atoms with Gasteiger partial charge in [-0.3, -0.25) is 9.69 Å². The van der Waals surface area contributed by atoms with E-state index >= 15 is 0 Å². The molecule has 1 aliphatic rings. The number of halogens is 1. The average molecular weight is 342 g/mol. The largest absolute Gasteiger partial charge is 0.492 e. The first-order valence-electron chi connectivity index (χ1n) is 8.63. The normalized spacial score (nSPS) is 15.2. The van der Waals surface area contributed by atoms with Crippen LogP contribution in [0.3, 0.4) is 0 Å². The van der Waals surface area contributed by atoms with Crippen molar-refractivity contribution in [2.24, 2.45) is 0 Å². The van der Waals surface area contributed by atoms with Gasteiger partial charge in [0.25, 0.3) is 0 Å². The van der Waals surface area contributed by atoms with Gasteiger partial charge in [0.05, 0.1) is 6.42 Å². The van der Waals surface area contributed by atoms with E-state index in [1.54, 1.807) is 12.1 Å². The molecule has 1 heterocycles. The molecule has 0 radical (unpaired) electrons. The number of carbonyl (C=O) groups is 1. The van der Waals surface area contributed by atoms with E-state index in [1.807, 2.05) is 35.2 Å². The first kappa shape index (κ1) is 17.4. The molecule has 0 N–H and O–H groups in total. The van der Waals surface area contributed by atoms with Crippen LogP contribution in [0.15, 0.2) is 54.6 Å². The summed E-state index contributed by atoms with van der Waals surface area (Å²) in [5.41, 5.74) is 1.06. The molecule has 1 fully saturated rings. The first-order valence-corrected chi connectivity index (χ1v) is 8.63. The van der Waals surface area contributed by atoms with Crippen molar-refractivity contribution in [3.8, 4) is 5.75 Å². The zero-order valence-electron chi connectivity index (χ0n) is 14.2. The van der Waals surface area contributed by atoms with E-state index in [-0.39, 0.29) is 11.7 Å². The highest BCUT2D eigenvalue weighted by Crippen LogP contribution is 2.11. The lowest BCUT2D eigenvalue weighted by atomic mass is 10.1. The SMILES string of the molecule is O=C(Cc1ccccc1)N1CCN(CCOc2ccc(F)cc2)CC1. The summed E-state index contributed by atoms with van der Waals surface area (Å²) in [5.74, 6) is 0.607. The Morgan fingerprint density at radius 3 is 2.32 bits per heavy atom. The van der Waals surface area contributed by atoms with E-state index in [1.165, 1.54) is 12.1 Å². The quantitative estimate of drug-likeness (QED) is 0.809. The highest BCUT2D eigenvalue weighted by molar-refractivity contribution is 5.78. The highest BCUT2D eigenvalue weighted by atomic mass is 19.1. The number of benzene rings is 2. The second-order valence-corrected chi connectivity index (χ2v) is 6.19. The monoisotopic (exact) mass is 342 g/mol. The van der Waals surface area contributed by atoms with Crippen LogP contribution in [0.25, 0.3) is 0 Å². The first-order chi connectivity index (χ1) is 12.2. The lowest BCUT2D eigenvalue weighted by molar-refractivity contribution is -0.132. The van der Waals surface area contributed by atoms with Gasteiger partial charge in [0.2, 0.25) is 5.91 Å². The molecule has 0 spiro atoms. The molecule has 0 saturated carbocycles. The zero-order chi connectivity index (χ0) is 17.5. The summed E-state index contributed by atoms with van der Waals surface area (Å²) in [6.07, 6.45) is 0.467. The Balaban J connectivity index is 1.37. The van der Waals surface area contributed by atoms with E-state index in [2.05, 4.69) is 4.90 Å². The van der Waals surface area contributed by atoms with Gasteiger partial charge in [0, 0.05) is 32.7 Å². The third-order valence-electron chi connectivity index (χ3n) is 4.41. The molecule has 25 heavy (non-hydrogen) atoms. The van der Waals surface area contributed by atoms with E-state index in [4.69, 9.17) is 4.74 Å². The van der Waals surface area contributed by atoms with E-state index in [0.29, 0.717) is 18.8 Å². The van der Waals surface area contributed by atoms with Crippen molar-refractivity contribution in [2.75, 3.05) is 39.3 Å². The Labute approximate surface area is 147 Å². The van der Waals surface area contributed by atoms with Gasteiger partial charge >= 0.3 is 0 Å². The molecule has 0 unspecified atom stereocenters. The maximum absolute atomic E-state index is 12.8. The van der Waals surface area contributed by atoms with Gasteiger partial charge in [-0.05, 0) is 29.8 Å². The fourth-order valence-electron chi connectivity index (χ4n) is 2.93. The molecule has 0 aliphatic carbocycles. The van der Waals surface area contributed by atoms with Crippen molar-refractivity contribution in [3.05, 3.63) is 66.0 Å². The van der Waals surface area contributed by atoms with Gasteiger partial charge in [-0.15, -0.1) is 0 Å². The smallest absolute Gasteiger partial charge is 0.227 e. The van der Waals surface area contributed by atoms with Crippen molar-refractivity contribution < 1.29 is 13.9 Å². The van der Waals surface area contributed by atoms with Crippen LogP contribution in [0.4, 0.5) is 4.39 Å². The molecule has 1 aliphatic heterocycles. The lowest BCUT2D eigenvalue weighted by Crippen LogP contribution is -2.49. The third-order valence-corrected chi connectivity index (χ3v) is 4.41. The summed E-state index contributed by atoms with van der Waals surface area (Å²) in [4.78, 5) is 16.6. The fourth-order valence-corrected chi connectivity index (χ4v) is 2.93. The summed E-state index contributed by atoms with van der Waals surface area (Å²) in [7, 11) is 0. The van der Waals surface area contributed by atoms with Crippen LogP contribution in [0.1, 0.15) is 5.56 Å². The Hall–Kier alpha value is -2.40. The van der Waals surface area contributed by atoms with Crippen molar-refractivity contribution in [1.29, 1.82) is 0 Å². The molecular weight excluding hydrogens is 319 g/mol. The van der Waals surface area contributed by atoms with Crippen molar-refractivity contribution in [1.82, 2.24) is 9.80 Å². The number of hydrogen-bond donors (Lipinski definition) is 0. The average Bonchev–Trinajstić information content (AvgIpc) is 2.65. The Bertz CT molecular complexity index is 668. The fraction of sp³-hybridized carbons (Fsp3) is 0.350. The van der Waals surface area contributed by atoms with E-state index in [9.17, 15) is 9.18 Å². The topological polar surface area (TPSA) is 32.8 Å². The second kappa shape index (κ2) is 8.62. The molecule has 1 saturated heterocycles. The summed E-state index contributed by atoms with van der Waals surface area (Å²) >= 11 is 0. The number of ether oxygens (including phenoxy) is 1. The predicted octanol–water partition coefficient (Wildman–Crippen LogP) is 2.59. The molecule has 132 valence electrons. The van der Waals surface area contributed by atoms with Gasteiger partial charge in [0.1, 0.15) is 18.2 Å². The van der Waals surface area contributed by atoms with Crippen LogP contribution in [0, 0.1) is 5.82 Å². The number of hydrogen-bond acceptors (Lipinski definition) is 3. The molecule has 3 rings (SSSR count). The zero-order valence-corrected chi connectivity index (χ0v) is 14.2. The predicted molar refractivity (Wildman–Crippen MR) is 95.1 cm³/mol. The molecule has 0 aromatic heterocycles. The van der Waals surface area contributed by atoms with Crippen molar-refractivity contribution >= 4 is 5.91 Å². The summed E-state index contributed by atoms with van der Waals surface area (Å²) < 4.78 is 18.5. The van der Waals surface area contributed by atoms with E-state index < -0.39 is 0 Å². The number of carbonyl (C=O) groups excluding carboxylic acids is 1. The second-order valence-electron chi connectivity index (χ2n) is 6.19. The van der Waals surface area contributed by atoms with Gasteiger partial charge in [-0.2, -0.15) is 0 Å². The molecule has 1 amide bonds. The number of amides is 1. The Morgan fingerprint density at radius 2 is 1.64 bits per heavy atom. The molecule has 0 atom stereocenters. The van der Waals surface area contributed by atoms with E-state index in [0.717, 1.165) is 38.3 Å². The number of nitrogens with zero attached hydrogens (tertiary/aromatic N) is 2. The van der Waals surface area contributed by atoms with Crippen LogP contribution in [0.5, 0.6) is 5.75 Å². The van der Waals surface area contributed by atoms with Gasteiger partial charge in [0.15, 0.2) is 0 Å². The van der Waals surface area contributed by atoms with Gasteiger partial charge in [-0.25, -0.2) is 4.39 Å². The molecule has 2 aromatic carbocycles. The van der Waals surface area contributed by atoms with Crippen molar-refractivity contribution in [3.63, 3.8) is 0 Å². The maximum atomic E-state index is 12.8. The Kier molecular flexibility index (Phi) is 6.01. The summed E-state index contributed by atoms with van der Waals surface area (Å²) in [5, 5.41) is 0. The van der Waals surface area contributed by atoms with Crippen LogP contribution in [-0.4, -0.2) is 55.0 Å². The summed E-state index contributed by atoms with van der Waals surface area (Å²) in [6, 6.07) is 15.9. The highest BCUT2D eigenvalue weighted by Gasteiger charge is 2.20. The van der Waals surface area contributed by atoms with Gasteiger partial charge < -0.3 is 9.64 Å². The van der Waals surface area contributed by atoms with Crippen molar-refractivity contribution in [2.45, 2.75) is 6.42 Å². The lowest BCUT2D eigenvalue weighted by Gasteiger charge is -2.34. The molecule has 4 nitrogen and oxygen atoms in total.